The third-order valence-corrected chi connectivity index (χ3v) is 4.60. The van der Waals surface area contributed by atoms with Crippen molar-refractivity contribution in [3.8, 4) is 0 Å². The van der Waals surface area contributed by atoms with E-state index in [9.17, 15) is 4.57 Å². The number of hydrogen-bond donors (Lipinski definition) is 2. The number of phosphoric acid groups is 1. The lowest BCUT2D eigenvalue weighted by Gasteiger charge is -2.06. The topological polar surface area (TPSA) is 76.0 Å². The van der Waals surface area contributed by atoms with Crippen LogP contribution in [0, 0.1) is 0 Å². The Kier molecular flexibility index (Phi) is 17.9. The van der Waals surface area contributed by atoms with Crippen LogP contribution in [0.3, 0.4) is 0 Å². The summed E-state index contributed by atoms with van der Waals surface area (Å²) < 4.78 is 20.2. The predicted octanol–water partition coefficient (Wildman–Crippen LogP) is 5.59. The van der Waals surface area contributed by atoms with Gasteiger partial charge in [-0.25, -0.2) is 4.57 Å². The Morgan fingerprint density at radius 2 is 1.04 bits per heavy atom. The normalized spacial score (nSPS) is 12.0. The van der Waals surface area contributed by atoms with Gasteiger partial charge in [-0.15, -0.1) is 0 Å². The SMILES string of the molecule is CCCCCCCCCCCCCCCOCCCOP(=O)(O)O. The third-order valence-electron chi connectivity index (χ3n) is 4.08. The Morgan fingerprint density at radius 1 is 0.625 bits per heavy atom. The maximum atomic E-state index is 10.4. The van der Waals surface area contributed by atoms with Gasteiger partial charge >= 0.3 is 7.82 Å². The molecular formula is C18H39O5P. The van der Waals surface area contributed by atoms with E-state index in [1.807, 2.05) is 0 Å². The maximum Gasteiger partial charge on any atom is 0.469 e. The van der Waals surface area contributed by atoms with Gasteiger partial charge < -0.3 is 14.5 Å². The Hall–Kier alpha value is 0.0700. The van der Waals surface area contributed by atoms with Gasteiger partial charge in [-0.2, -0.15) is 0 Å². The van der Waals surface area contributed by atoms with E-state index in [0.717, 1.165) is 13.0 Å². The van der Waals surface area contributed by atoms with E-state index in [1.54, 1.807) is 0 Å². The Balaban J connectivity index is 3.02. The van der Waals surface area contributed by atoms with Crippen LogP contribution in [0.1, 0.15) is 96.8 Å². The van der Waals surface area contributed by atoms with Crippen molar-refractivity contribution in [1.82, 2.24) is 0 Å². The first-order valence-corrected chi connectivity index (χ1v) is 11.4. The average molecular weight is 366 g/mol. The molecule has 0 saturated heterocycles. The van der Waals surface area contributed by atoms with Gasteiger partial charge in [-0.1, -0.05) is 84.0 Å². The molecule has 0 heterocycles. The van der Waals surface area contributed by atoms with Crippen LogP contribution < -0.4 is 0 Å². The van der Waals surface area contributed by atoms with E-state index in [2.05, 4.69) is 11.4 Å². The van der Waals surface area contributed by atoms with Crippen LogP contribution in [0.25, 0.3) is 0 Å². The second kappa shape index (κ2) is 17.9. The van der Waals surface area contributed by atoms with Gasteiger partial charge in [0.25, 0.3) is 0 Å². The molecule has 6 heteroatoms. The Morgan fingerprint density at radius 3 is 1.50 bits per heavy atom. The lowest BCUT2D eigenvalue weighted by atomic mass is 10.0. The molecule has 146 valence electrons. The van der Waals surface area contributed by atoms with Crippen molar-refractivity contribution < 1.29 is 23.6 Å². The predicted molar refractivity (Wildman–Crippen MR) is 99.1 cm³/mol. The lowest BCUT2D eigenvalue weighted by molar-refractivity contribution is 0.108. The summed E-state index contributed by atoms with van der Waals surface area (Å²) in [6.45, 7) is 3.53. The van der Waals surface area contributed by atoms with Crippen molar-refractivity contribution in [2.24, 2.45) is 0 Å². The minimum Gasteiger partial charge on any atom is -0.381 e. The molecule has 0 aromatic rings. The molecule has 0 aliphatic heterocycles. The molecule has 0 amide bonds. The van der Waals surface area contributed by atoms with E-state index in [0.29, 0.717) is 13.0 Å². The fourth-order valence-corrected chi connectivity index (χ4v) is 3.04. The van der Waals surface area contributed by atoms with Crippen LogP contribution in [0.2, 0.25) is 0 Å². The Bertz CT molecular complexity index is 293. The molecule has 5 nitrogen and oxygen atoms in total. The highest BCUT2D eigenvalue weighted by molar-refractivity contribution is 7.46. The Labute approximate surface area is 148 Å². The zero-order valence-corrected chi connectivity index (χ0v) is 16.5. The highest BCUT2D eigenvalue weighted by Crippen LogP contribution is 2.35. The van der Waals surface area contributed by atoms with Gasteiger partial charge in [0.05, 0.1) is 6.61 Å². The number of phosphoric ester groups is 1. The molecule has 0 aliphatic carbocycles. The third kappa shape index (κ3) is 22.1. The molecule has 0 spiro atoms. The molecule has 0 fully saturated rings. The van der Waals surface area contributed by atoms with Gasteiger partial charge in [0, 0.05) is 13.2 Å². The largest absolute Gasteiger partial charge is 0.469 e. The molecular weight excluding hydrogens is 327 g/mol. The van der Waals surface area contributed by atoms with Crippen molar-refractivity contribution in [3.05, 3.63) is 0 Å². The quantitative estimate of drug-likeness (QED) is 0.230. The van der Waals surface area contributed by atoms with Crippen LogP contribution in [-0.2, 0) is 13.8 Å². The van der Waals surface area contributed by atoms with Gasteiger partial charge in [-0.05, 0) is 12.8 Å². The number of unbranched alkanes of at least 4 members (excludes halogenated alkanes) is 12. The fraction of sp³-hybridized carbons (Fsp3) is 1.00. The van der Waals surface area contributed by atoms with E-state index in [1.165, 1.54) is 77.0 Å². The van der Waals surface area contributed by atoms with Crippen molar-refractivity contribution in [2.75, 3.05) is 19.8 Å². The summed E-state index contributed by atoms with van der Waals surface area (Å²) in [7, 11) is -4.31. The second-order valence-corrected chi connectivity index (χ2v) is 7.77. The molecule has 0 radical (unpaired) electrons. The smallest absolute Gasteiger partial charge is 0.381 e. The first kappa shape index (κ1) is 24.1. The number of ether oxygens (including phenoxy) is 1. The summed E-state index contributed by atoms with van der Waals surface area (Å²) in [6, 6.07) is 0. The minimum absolute atomic E-state index is 0.0445. The molecule has 0 atom stereocenters. The summed E-state index contributed by atoms with van der Waals surface area (Å²) in [5.74, 6) is 0. The van der Waals surface area contributed by atoms with Crippen molar-refractivity contribution in [2.45, 2.75) is 96.8 Å². The van der Waals surface area contributed by atoms with Crippen LogP contribution in [0.15, 0.2) is 0 Å². The minimum atomic E-state index is -4.31. The van der Waals surface area contributed by atoms with Crippen molar-refractivity contribution in [3.63, 3.8) is 0 Å². The van der Waals surface area contributed by atoms with E-state index >= 15 is 0 Å². The molecule has 0 aromatic carbocycles. The van der Waals surface area contributed by atoms with Crippen LogP contribution in [-0.4, -0.2) is 29.6 Å². The molecule has 0 aliphatic rings. The fourth-order valence-electron chi connectivity index (χ4n) is 2.67. The molecule has 2 N–H and O–H groups in total. The molecule has 0 rings (SSSR count). The maximum absolute atomic E-state index is 10.4. The molecule has 0 bridgehead atoms. The van der Waals surface area contributed by atoms with Gasteiger partial charge in [0.1, 0.15) is 0 Å². The van der Waals surface area contributed by atoms with E-state index in [4.69, 9.17) is 14.5 Å². The van der Waals surface area contributed by atoms with Crippen molar-refractivity contribution >= 4 is 7.82 Å². The second-order valence-electron chi connectivity index (χ2n) is 6.53. The van der Waals surface area contributed by atoms with E-state index in [-0.39, 0.29) is 6.61 Å². The molecule has 0 aromatic heterocycles. The number of rotatable bonds is 19. The highest BCUT2D eigenvalue weighted by atomic mass is 31.2. The van der Waals surface area contributed by atoms with Crippen LogP contribution in [0.4, 0.5) is 0 Å². The first-order chi connectivity index (χ1) is 11.6. The van der Waals surface area contributed by atoms with Gasteiger partial charge in [0.15, 0.2) is 0 Å². The number of hydrogen-bond acceptors (Lipinski definition) is 3. The summed E-state index contributed by atoms with van der Waals surface area (Å²) in [6.07, 6.45) is 17.9. The summed E-state index contributed by atoms with van der Waals surface area (Å²) in [5.41, 5.74) is 0. The van der Waals surface area contributed by atoms with Crippen molar-refractivity contribution in [1.29, 1.82) is 0 Å². The average Bonchev–Trinajstić information content (AvgIpc) is 2.52. The van der Waals surface area contributed by atoms with Gasteiger partial charge in [0.2, 0.25) is 0 Å². The summed E-state index contributed by atoms with van der Waals surface area (Å²) >= 11 is 0. The zero-order chi connectivity index (χ0) is 17.9. The van der Waals surface area contributed by atoms with Crippen LogP contribution >= 0.6 is 7.82 Å². The first-order valence-electron chi connectivity index (χ1n) is 9.84. The summed E-state index contributed by atoms with van der Waals surface area (Å²) in [5, 5.41) is 0. The van der Waals surface area contributed by atoms with E-state index < -0.39 is 7.82 Å². The monoisotopic (exact) mass is 366 g/mol. The van der Waals surface area contributed by atoms with Gasteiger partial charge in [-0.3, -0.25) is 4.52 Å². The standard InChI is InChI=1S/C18H39O5P/c1-2-3-4-5-6-7-8-9-10-11-12-13-14-16-22-17-15-18-23-24(19,20)21/h2-18H2,1H3,(H2,19,20,21). The highest BCUT2D eigenvalue weighted by Gasteiger charge is 2.12. The summed E-state index contributed by atoms with van der Waals surface area (Å²) in [4.78, 5) is 17.0. The molecule has 0 unspecified atom stereocenters. The molecule has 0 saturated carbocycles. The zero-order valence-electron chi connectivity index (χ0n) is 15.6. The molecule has 24 heavy (non-hydrogen) atoms. The lowest BCUT2D eigenvalue weighted by Crippen LogP contribution is -2.01. The van der Waals surface area contributed by atoms with Crippen LogP contribution in [0.5, 0.6) is 0 Å².